The van der Waals surface area contributed by atoms with Gasteiger partial charge in [0.1, 0.15) is 5.82 Å². The van der Waals surface area contributed by atoms with Gasteiger partial charge in [-0.2, -0.15) is 0 Å². The van der Waals surface area contributed by atoms with Crippen LogP contribution in [0.1, 0.15) is 39.4 Å². The number of nitrogens with zero attached hydrogens (tertiary/aromatic N) is 2. The molecule has 90 valence electrons. The van der Waals surface area contributed by atoms with Crippen LogP contribution in [0.5, 0.6) is 0 Å². The van der Waals surface area contributed by atoms with Gasteiger partial charge in [0.25, 0.3) is 0 Å². The van der Waals surface area contributed by atoms with Crippen molar-refractivity contribution in [2.24, 2.45) is 5.92 Å². The fraction of sp³-hybridized carbons (Fsp3) is 0.769. The molecule has 0 aromatic carbocycles. The van der Waals surface area contributed by atoms with Crippen LogP contribution < -0.4 is 0 Å². The van der Waals surface area contributed by atoms with Crippen molar-refractivity contribution in [3.05, 3.63) is 18.2 Å². The highest BCUT2D eigenvalue weighted by molar-refractivity contribution is 5.04. The van der Waals surface area contributed by atoms with Gasteiger partial charge in [0, 0.05) is 37.6 Å². The second kappa shape index (κ2) is 4.58. The van der Waals surface area contributed by atoms with Crippen molar-refractivity contribution in [1.82, 2.24) is 9.55 Å². The molecule has 0 bridgehead atoms. The lowest BCUT2D eigenvalue weighted by Gasteiger charge is -2.26. The summed E-state index contributed by atoms with van der Waals surface area (Å²) < 4.78 is 7.71. The summed E-state index contributed by atoms with van der Waals surface area (Å²) in [6.45, 7) is 9.59. The summed E-state index contributed by atoms with van der Waals surface area (Å²) in [5.74, 6) is 1.95. The van der Waals surface area contributed by atoms with Crippen molar-refractivity contribution in [3.8, 4) is 0 Å². The van der Waals surface area contributed by atoms with Gasteiger partial charge in [-0.1, -0.05) is 20.8 Å². The van der Waals surface area contributed by atoms with Crippen LogP contribution in [0.15, 0.2) is 12.4 Å². The third-order valence-electron chi connectivity index (χ3n) is 3.18. The van der Waals surface area contributed by atoms with Gasteiger partial charge >= 0.3 is 0 Å². The van der Waals surface area contributed by atoms with E-state index < -0.39 is 0 Å². The molecular weight excluding hydrogens is 200 g/mol. The van der Waals surface area contributed by atoms with Crippen molar-refractivity contribution in [3.63, 3.8) is 0 Å². The molecule has 0 saturated carbocycles. The first-order chi connectivity index (χ1) is 7.57. The predicted molar refractivity (Wildman–Crippen MR) is 64.5 cm³/mol. The van der Waals surface area contributed by atoms with Gasteiger partial charge in [-0.05, 0) is 18.8 Å². The minimum Gasteiger partial charge on any atom is -0.381 e. The first kappa shape index (κ1) is 11.6. The largest absolute Gasteiger partial charge is 0.381 e. The van der Waals surface area contributed by atoms with Gasteiger partial charge in [-0.3, -0.25) is 0 Å². The van der Waals surface area contributed by atoms with Crippen LogP contribution >= 0.6 is 0 Å². The Hall–Kier alpha value is -0.830. The molecule has 2 heterocycles. The number of rotatable bonds is 2. The zero-order valence-electron chi connectivity index (χ0n) is 10.6. The molecule has 1 saturated heterocycles. The third kappa shape index (κ3) is 2.64. The smallest absolute Gasteiger partial charge is 0.114 e. The fourth-order valence-electron chi connectivity index (χ4n) is 2.31. The summed E-state index contributed by atoms with van der Waals surface area (Å²) in [7, 11) is 0. The van der Waals surface area contributed by atoms with E-state index in [1.807, 2.05) is 6.20 Å². The Morgan fingerprint density at radius 1 is 1.38 bits per heavy atom. The molecule has 3 heteroatoms. The van der Waals surface area contributed by atoms with E-state index in [9.17, 15) is 0 Å². The van der Waals surface area contributed by atoms with E-state index in [2.05, 4.69) is 36.5 Å². The quantitative estimate of drug-likeness (QED) is 0.769. The summed E-state index contributed by atoms with van der Waals surface area (Å²) >= 11 is 0. The Morgan fingerprint density at radius 2 is 2.06 bits per heavy atom. The minimum atomic E-state index is 0.134. The van der Waals surface area contributed by atoms with Gasteiger partial charge in [0.2, 0.25) is 0 Å². The number of hydrogen-bond acceptors (Lipinski definition) is 2. The number of aromatic nitrogens is 2. The normalized spacial score (nSPS) is 18.9. The summed E-state index contributed by atoms with van der Waals surface area (Å²) in [4.78, 5) is 4.48. The lowest BCUT2D eigenvalue weighted by molar-refractivity contribution is 0.0607. The summed E-state index contributed by atoms with van der Waals surface area (Å²) in [6.07, 6.45) is 6.39. The van der Waals surface area contributed by atoms with Crippen LogP contribution in [0.4, 0.5) is 0 Å². The highest BCUT2D eigenvalue weighted by Gasteiger charge is 2.22. The first-order valence-corrected chi connectivity index (χ1v) is 6.17. The Kier molecular flexibility index (Phi) is 3.33. The molecule has 0 unspecified atom stereocenters. The molecule has 0 spiro atoms. The standard InChI is InChI=1S/C13H22N2O/c1-13(2,3)12-14-6-7-15(12)10-11-4-8-16-9-5-11/h6-7,11H,4-5,8-10H2,1-3H3. The first-order valence-electron chi connectivity index (χ1n) is 6.17. The van der Waals surface area contributed by atoms with Crippen molar-refractivity contribution in [1.29, 1.82) is 0 Å². The average Bonchev–Trinajstić information content (AvgIpc) is 2.67. The molecule has 1 aliphatic heterocycles. The van der Waals surface area contributed by atoms with Crippen LogP contribution in [0.2, 0.25) is 0 Å². The molecular formula is C13H22N2O. The molecule has 1 aliphatic rings. The van der Waals surface area contributed by atoms with Crippen LogP contribution in [-0.4, -0.2) is 22.8 Å². The molecule has 0 aliphatic carbocycles. The molecule has 0 amide bonds. The Balaban J connectivity index is 2.06. The molecule has 1 aromatic rings. The van der Waals surface area contributed by atoms with E-state index in [1.54, 1.807) is 0 Å². The van der Waals surface area contributed by atoms with Crippen molar-refractivity contribution < 1.29 is 4.74 Å². The Morgan fingerprint density at radius 3 is 2.69 bits per heavy atom. The molecule has 2 rings (SSSR count). The van der Waals surface area contributed by atoms with E-state index in [0.717, 1.165) is 25.7 Å². The maximum Gasteiger partial charge on any atom is 0.114 e. The maximum absolute atomic E-state index is 5.39. The zero-order chi connectivity index (χ0) is 11.6. The van der Waals surface area contributed by atoms with Crippen LogP contribution in [0.3, 0.4) is 0 Å². The lowest BCUT2D eigenvalue weighted by atomic mass is 9.94. The summed E-state index contributed by atoms with van der Waals surface area (Å²) in [5, 5.41) is 0. The second-order valence-corrected chi connectivity index (χ2v) is 5.71. The van der Waals surface area contributed by atoms with E-state index >= 15 is 0 Å². The molecule has 1 fully saturated rings. The van der Waals surface area contributed by atoms with Gasteiger partial charge < -0.3 is 9.30 Å². The minimum absolute atomic E-state index is 0.134. The van der Waals surface area contributed by atoms with Crippen LogP contribution in [0, 0.1) is 5.92 Å². The van der Waals surface area contributed by atoms with E-state index in [0.29, 0.717) is 0 Å². The van der Waals surface area contributed by atoms with Gasteiger partial charge in [0.05, 0.1) is 0 Å². The Labute approximate surface area is 97.8 Å². The van der Waals surface area contributed by atoms with Gasteiger partial charge in [-0.25, -0.2) is 4.98 Å². The number of hydrogen-bond donors (Lipinski definition) is 0. The molecule has 16 heavy (non-hydrogen) atoms. The Bertz CT molecular complexity index is 332. The topological polar surface area (TPSA) is 27.1 Å². The van der Waals surface area contributed by atoms with Gasteiger partial charge in [-0.15, -0.1) is 0 Å². The number of imidazole rings is 1. The molecule has 0 N–H and O–H groups in total. The fourth-order valence-corrected chi connectivity index (χ4v) is 2.31. The van der Waals surface area contributed by atoms with Crippen LogP contribution in [-0.2, 0) is 16.7 Å². The summed E-state index contributed by atoms with van der Waals surface area (Å²) in [6, 6.07) is 0. The second-order valence-electron chi connectivity index (χ2n) is 5.71. The molecule has 3 nitrogen and oxygen atoms in total. The highest BCUT2D eigenvalue weighted by atomic mass is 16.5. The third-order valence-corrected chi connectivity index (χ3v) is 3.18. The zero-order valence-corrected chi connectivity index (χ0v) is 10.6. The van der Waals surface area contributed by atoms with Crippen LogP contribution in [0.25, 0.3) is 0 Å². The predicted octanol–water partition coefficient (Wildman–Crippen LogP) is 2.61. The maximum atomic E-state index is 5.39. The van der Waals surface area contributed by atoms with Gasteiger partial charge in [0.15, 0.2) is 0 Å². The average molecular weight is 222 g/mol. The SMILES string of the molecule is CC(C)(C)c1nccn1CC1CCOCC1. The van der Waals surface area contributed by atoms with E-state index in [-0.39, 0.29) is 5.41 Å². The number of ether oxygens (including phenoxy) is 1. The monoisotopic (exact) mass is 222 g/mol. The van der Waals surface area contributed by atoms with E-state index in [1.165, 1.54) is 18.7 Å². The van der Waals surface area contributed by atoms with E-state index in [4.69, 9.17) is 4.74 Å². The van der Waals surface area contributed by atoms with Crippen molar-refractivity contribution >= 4 is 0 Å². The molecule has 1 aromatic heterocycles. The van der Waals surface area contributed by atoms with Crippen molar-refractivity contribution in [2.45, 2.75) is 45.6 Å². The van der Waals surface area contributed by atoms with Crippen molar-refractivity contribution in [2.75, 3.05) is 13.2 Å². The molecule has 0 atom stereocenters. The highest BCUT2D eigenvalue weighted by Crippen LogP contribution is 2.23. The summed E-state index contributed by atoms with van der Waals surface area (Å²) in [5.41, 5.74) is 0.134. The molecule has 0 radical (unpaired) electrons. The lowest BCUT2D eigenvalue weighted by Crippen LogP contribution is -2.24.